The van der Waals surface area contributed by atoms with Crippen LogP contribution in [0.25, 0.3) is 11.1 Å². The summed E-state index contributed by atoms with van der Waals surface area (Å²) >= 11 is 0. The average molecular weight is 557 g/mol. The van der Waals surface area contributed by atoms with E-state index in [0.717, 1.165) is 40.9 Å². The van der Waals surface area contributed by atoms with Gasteiger partial charge in [0.1, 0.15) is 12.3 Å². The van der Waals surface area contributed by atoms with Crippen LogP contribution in [0.4, 0.5) is 5.69 Å². The van der Waals surface area contributed by atoms with Gasteiger partial charge in [0.15, 0.2) is 6.61 Å². The molecule has 2 aliphatic heterocycles. The van der Waals surface area contributed by atoms with Gasteiger partial charge >= 0.3 is 0 Å². The Hall–Kier alpha value is -4.21. The highest BCUT2D eigenvalue weighted by molar-refractivity contribution is 6.02. The van der Waals surface area contributed by atoms with Crippen LogP contribution in [0.1, 0.15) is 33.1 Å². The summed E-state index contributed by atoms with van der Waals surface area (Å²) in [5, 5.41) is 0. The standard InChI is InChI=1S/C32H36N4O5/c1-21-16-27-29(17-22(21)2)41-20-31(38)36(27)19-30(37)34(3)28(18-35-12-14-40-15-13-35)25-8-4-23(5-9-25)24-6-10-26(11-7-24)32(33)39/h4-11,16-17,28H,12-15,18-20H2,1-3H3,(H2,33,39). The van der Waals surface area contributed by atoms with Gasteiger partial charge in [0.25, 0.3) is 5.91 Å². The first kappa shape index (κ1) is 28.3. The highest BCUT2D eigenvalue weighted by Crippen LogP contribution is 2.35. The number of nitrogens with two attached hydrogens (primary N) is 1. The van der Waals surface area contributed by atoms with Crippen LogP contribution in [0.15, 0.2) is 60.7 Å². The summed E-state index contributed by atoms with van der Waals surface area (Å²) in [6.07, 6.45) is 0. The molecule has 1 atom stereocenters. The Kier molecular flexibility index (Phi) is 8.37. The third-order valence-electron chi connectivity index (χ3n) is 8.01. The summed E-state index contributed by atoms with van der Waals surface area (Å²) < 4.78 is 11.2. The van der Waals surface area contributed by atoms with Crippen molar-refractivity contribution in [2.45, 2.75) is 19.9 Å². The van der Waals surface area contributed by atoms with Crippen molar-refractivity contribution in [1.29, 1.82) is 0 Å². The number of hydrogen-bond donors (Lipinski definition) is 1. The summed E-state index contributed by atoms with van der Waals surface area (Å²) in [4.78, 5) is 43.7. The molecule has 214 valence electrons. The van der Waals surface area contributed by atoms with Gasteiger partial charge in [-0.2, -0.15) is 0 Å². The summed E-state index contributed by atoms with van der Waals surface area (Å²) in [7, 11) is 1.80. The molecule has 0 spiro atoms. The van der Waals surface area contributed by atoms with E-state index in [1.807, 2.05) is 62.4 Å². The van der Waals surface area contributed by atoms with Crippen LogP contribution < -0.4 is 15.4 Å². The number of ether oxygens (including phenoxy) is 2. The second-order valence-corrected chi connectivity index (χ2v) is 10.7. The summed E-state index contributed by atoms with van der Waals surface area (Å²) in [5.41, 5.74) is 11.5. The number of nitrogens with zero attached hydrogens (tertiary/aromatic N) is 3. The van der Waals surface area contributed by atoms with E-state index in [1.165, 1.54) is 4.90 Å². The fraction of sp³-hybridized carbons (Fsp3) is 0.344. The van der Waals surface area contributed by atoms with E-state index in [-0.39, 0.29) is 31.0 Å². The molecule has 0 aromatic heterocycles. The predicted octanol–water partition coefficient (Wildman–Crippen LogP) is 3.33. The van der Waals surface area contributed by atoms with Gasteiger partial charge in [0, 0.05) is 32.2 Å². The summed E-state index contributed by atoms with van der Waals surface area (Å²) in [6, 6.07) is 18.9. The SMILES string of the molecule is Cc1cc2c(cc1C)N(CC(=O)N(C)C(CN1CCOCC1)c1ccc(-c3ccc(C(N)=O)cc3)cc1)C(=O)CO2. The first-order chi connectivity index (χ1) is 19.7. The molecule has 1 unspecified atom stereocenters. The van der Waals surface area contributed by atoms with Crippen molar-refractivity contribution in [3.05, 3.63) is 82.9 Å². The number of rotatable bonds is 8. The maximum Gasteiger partial charge on any atom is 0.265 e. The van der Waals surface area contributed by atoms with E-state index < -0.39 is 5.91 Å². The highest BCUT2D eigenvalue weighted by atomic mass is 16.5. The van der Waals surface area contributed by atoms with Gasteiger partial charge in [-0.1, -0.05) is 36.4 Å². The van der Waals surface area contributed by atoms with Crippen LogP contribution in [-0.2, 0) is 14.3 Å². The van der Waals surface area contributed by atoms with Crippen molar-refractivity contribution in [2.75, 3.05) is 57.9 Å². The molecule has 9 nitrogen and oxygen atoms in total. The van der Waals surface area contributed by atoms with Crippen molar-refractivity contribution in [3.63, 3.8) is 0 Å². The Labute approximate surface area is 240 Å². The van der Waals surface area contributed by atoms with Gasteiger partial charge in [-0.3, -0.25) is 24.2 Å². The van der Waals surface area contributed by atoms with Gasteiger partial charge in [-0.25, -0.2) is 0 Å². The number of amides is 3. The van der Waals surface area contributed by atoms with Crippen LogP contribution >= 0.6 is 0 Å². The van der Waals surface area contributed by atoms with Gasteiger partial charge in [-0.05, 0) is 65.9 Å². The van der Waals surface area contributed by atoms with E-state index in [9.17, 15) is 14.4 Å². The Bertz CT molecular complexity index is 1430. The molecule has 2 aliphatic rings. The molecule has 2 N–H and O–H groups in total. The lowest BCUT2D eigenvalue weighted by molar-refractivity contribution is -0.133. The van der Waals surface area contributed by atoms with Crippen LogP contribution in [0, 0.1) is 13.8 Å². The number of primary amides is 1. The smallest absolute Gasteiger partial charge is 0.265 e. The number of morpholine rings is 1. The largest absolute Gasteiger partial charge is 0.482 e. The van der Waals surface area contributed by atoms with E-state index in [4.69, 9.17) is 15.2 Å². The molecular weight excluding hydrogens is 520 g/mol. The summed E-state index contributed by atoms with van der Waals surface area (Å²) in [5.74, 6) is -0.238. The number of hydrogen-bond acceptors (Lipinski definition) is 6. The number of fused-ring (bicyclic) bond motifs is 1. The molecule has 3 amide bonds. The fourth-order valence-electron chi connectivity index (χ4n) is 5.25. The molecule has 1 saturated heterocycles. The monoisotopic (exact) mass is 556 g/mol. The maximum atomic E-state index is 13.8. The van der Waals surface area contributed by atoms with E-state index in [1.54, 1.807) is 24.1 Å². The number of carbonyl (C=O) groups excluding carboxylic acids is 3. The second-order valence-electron chi connectivity index (χ2n) is 10.7. The normalized spacial score (nSPS) is 16.1. The van der Waals surface area contributed by atoms with Crippen LogP contribution in [0.2, 0.25) is 0 Å². The van der Waals surface area contributed by atoms with Gasteiger partial charge in [-0.15, -0.1) is 0 Å². The number of benzene rings is 3. The van der Waals surface area contributed by atoms with Crippen LogP contribution in [0.5, 0.6) is 5.75 Å². The van der Waals surface area contributed by atoms with E-state index in [2.05, 4.69) is 4.90 Å². The zero-order valence-electron chi connectivity index (χ0n) is 23.8. The average Bonchev–Trinajstić information content (AvgIpc) is 2.98. The molecule has 2 heterocycles. The first-order valence-corrected chi connectivity index (χ1v) is 13.8. The Morgan fingerprint density at radius 2 is 1.56 bits per heavy atom. The molecule has 3 aromatic rings. The van der Waals surface area contributed by atoms with Crippen molar-refractivity contribution in [2.24, 2.45) is 5.73 Å². The quantitative estimate of drug-likeness (QED) is 0.457. The topological polar surface area (TPSA) is 105 Å². The maximum absolute atomic E-state index is 13.8. The number of carbonyl (C=O) groups is 3. The molecule has 0 saturated carbocycles. The minimum Gasteiger partial charge on any atom is -0.482 e. The molecule has 5 rings (SSSR count). The van der Waals surface area contributed by atoms with E-state index >= 15 is 0 Å². The molecule has 0 radical (unpaired) electrons. The van der Waals surface area contributed by atoms with Gasteiger partial charge in [0.2, 0.25) is 11.8 Å². The van der Waals surface area contributed by atoms with Gasteiger partial charge < -0.3 is 20.1 Å². The van der Waals surface area contributed by atoms with Crippen LogP contribution in [0.3, 0.4) is 0 Å². The molecule has 0 aliphatic carbocycles. The van der Waals surface area contributed by atoms with Crippen molar-refractivity contribution in [1.82, 2.24) is 9.80 Å². The molecule has 0 bridgehead atoms. The zero-order chi connectivity index (χ0) is 29.1. The third kappa shape index (κ3) is 6.26. The lowest BCUT2D eigenvalue weighted by Gasteiger charge is -2.37. The molecule has 1 fully saturated rings. The molecule has 9 heteroatoms. The number of anilines is 1. The minimum atomic E-state index is -0.460. The second kappa shape index (κ2) is 12.1. The Morgan fingerprint density at radius 3 is 2.20 bits per heavy atom. The fourth-order valence-corrected chi connectivity index (χ4v) is 5.25. The van der Waals surface area contributed by atoms with Crippen molar-refractivity contribution >= 4 is 23.4 Å². The number of likely N-dealkylation sites (N-methyl/N-ethyl adjacent to an activating group) is 1. The molecular formula is C32H36N4O5. The molecule has 3 aromatic carbocycles. The third-order valence-corrected chi connectivity index (χ3v) is 8.01. The Balaban J connectivity index is 1.39. The van der Waals surface area contributed by atoms with Crippen molar-refractivity contribution < 1.29 is 23.9 Å². The van der Waals surface area contributed by atoms with Crippen molar-refractivity contribution in [3.8, 4) is 16.9 Å². The Morgan fingerprint density at radius 1 is 0.951 bits per heavy atom. The molecule has 41 heavy (non-hydrogen) atoms. The van der Waals surface area contributed by atoms with E-state index in [0.29, 0.717) is 36.8 Å². The predicted molar refractivity (Wildman–Crippen MR) is 157 cm³/mol. The van der Waals surface area contributed by atoms with Crippen LogP contribution in [-0.4, -0.2) is 80.6 Å². The van der Waals surface area contributed by atoms with Gasteiger partial charge in [0.05, 0.1) is 24.9 Å². The zero-order valence-corrected chi connectivity index (χ0v) is 23.8. The lowest BCUT2D eigenvalue weighted by Crippen LogP contribution is -2.48. The lowest BCUT2D eigenvalue weighted by atomic mass is 9.98. The number of aryl methyl sites for hydroxylation is 2. The summed E-state index contributed by atoms with van der Waals surface area (Å²) in [6.45, 7) is 7.34. The highest BCUT2D eigenvalue weighted by Gasteiger charge is 2.31. The minimum absolute atomic E-state index is 0.0713. The first-order valence-electron chi connectivity index (χ1n) is 13.8.